The Morgan fingerprint density at radius 2 is 1.96 bits per heavy atom. The summed E-state index contributed by atoms with van der Waals surface area (Å²) in [7, 11) is 1.96. The molecule has 1 aromatic rings. The molecule has 2 heterocycles. The second kappa shape index (κ2) is 6.61. The van der Waals surface area contributed by atoms with Crippen molar-refractivity contribution in [3.8, 4) is 0 Å². The molecule has 5 nitrogen and oxygen atoms in total. The predicted octanol–water partition coefficient (Wildman–Crippen LogP) is 3.09. The van der Waals surface area contributed by atoms with Crippen LogP contribution in [0.15, 0.2) is 11.4 Å². The largest absolute Gasteiger partial charge is 0.326 e. The summed E-state index contributed by atoms with van der Waals surface area (Å²) in [4.78, 5) is 29.9. The highest BCUT2D eigenvalue weighted by Crippen LogP contribution is 2.32. The third kappa shape index (κ3) is 3.28. The number of hydrogen-bond donors (Lipinski definition) is 1. The van der Waals surface area contributed by atoms with Gasteiger partial charge in [-0.25, -0.2) is 9.69 Å². The van der Waals surface area contributed by atoms with Crippen LogP contribution in [0.5, 0.6) is 0 Å². The average molecular weight is 335 g/mol. The van der Waals surface area contributed by atoms with E-state index < -0.39 is 5.54 Å². The van der Waals surface area contributed by atoms with Gasteiger partial charge >= 0.3 is 6.03 Å². The lowest BCUT2D eigenvalue weighted by Gasteiger charge is -2.26. The van der Waals surface area contributed by atoms with Crippen molar-refractivity contribution in [1.29, 1.82) is 0 Å². The van der Waals surface area contributed by atoms with E-state index in [1.807, 2.05) is 11.9 Å². The monoisotopic (exact) mass is 335 g/mol. The molecule has 1 aliphatic carbocycles. The number of imide groups is 1. The van der Waals surface area contributed by atoms with E-state index in [0.29, 0.717) is 6.67 Å². The van der Waals surface area contributed by atoms with Crippen molar-refractivity contribution in [2.75, 3.05) is 13.7 Å². The molecular weight excluding hydrogens is 310 g/mol. The standard InChI is InChI=1S/C17H25N3O2S/c1-13-7-10-23-14(13)11-19(2)12-20-15(21)17(18-16(20)22)8-5-3-4-6-9-17/h7,10H,3-6,8-9,11-12H2,1-2H3,(H,18,22). The van der Waals surface area contributed by atoms with E-state index in [2.05, 4.69) is 23.7 Å². The summed E-state index contributed by atoms with van der Waals surface area (Å²) in [6.45, 7) is 3.20. The van der Waals surface area contributed by atoms with Gasteiger partial charge in [0, 0.05) is 11.4 Å². The van der Waals surface area contributed by atoms with Crippen LogP contribution in [0.4, 0.5) is 4.79 Å². The Hall–Kier alpha value is -1.40. The van der Waals surface area contributed by atoms with E-state index in [4.69, 9.17) is 0 Å². The zero-order chi connectivity index (χ0) is 16.4. The first-order valence-electron chi connectivity index (χ1n) is 8.37. The molecule has 0 radical (unpaired) electrons. The Kier molecular flexibility index (Phi) is 4.73. The molecule has 23 heavy (non-hydrogen) atoms. The molecule has 1 saturated heterocycles. The number of carbonyl (C=O) groups is 2. The Bertz CT molecular complexity index is 590. The van der Waals surface area contributed by atoms with Gasteiger partial charge in [-0.05, 0) is 43.8 Å². The summed E-state index contributed by atoms with van der Waals surface area (Å²) in [6.07, 6.45) is 5.91. The van der Waals surface area contributed by atoms with Crippen molar-refractivity contribution in [3.05, 3.63) is 21.9 Å². The lowest BCUT2D eigenvalue weighted by molar-refractivity contribution is -0.133. The first-order chi connectivity index (χ1) is 11.0. The van der Waals surface area contributed by atoms with Crippen LogP contribution in [0.1, 0.15) is 49.0 Å². The summed E-state index contributed by atoms with van der Waals surface area (Å²) < 4.78 is 0. The maximum absolute atomic E-state index is 12.9. The third-order valence-electron chi connectivity index (χ3n) is 4.97. The third-order valence-corrected chi connectivity index (χ3v) is 5.98. The van der Waals surface area contributed by atoms with Gasteiger partial charge in [-0.3, -0.25) is 9.69 Å². The molecule has 126 valence electrons. The maximum Gasteiger partial charge on any atom is 0.326 e. The zero-order valence-electron chi connectivity index (χ0n) is 13.9. The van der Waals surface area contributed by atoms with E-state index in [-0.39, 0.29) is 11.9 Å². The number of rotatable bonds is 4. The molecule has 2 fully saturated rings. The second-order valence-corrected chi connectivity index (χ2v) is 7.84. The van der Waals surface area contributed by atoms with Gasteiger partial charge in [0.05, 0.1) is 6.67 Å². The number of thiophene rings is 1. The van der Waals surface area contributed by atoms with E-state index >= 15 is 0 Å². The van der Waals surface area contributed by atoms with Gasteiger partial charge < -0.3 is 5.32 Å². The fourth-order valence-corrected chi connectivity index (χ4v) is 4.56. The molecule has 1 saturated carbocycles. The first-order valence-corrected chi connectivity index (χ1v) is 9.25. The molecule has 0 aromatic carbocycles. The number of urea groups is 1. The van der Waals surface area contributed by atoms with Gasteiger partial charge in [-0.1, -0.05) is 25.7 Å². The zero-order valence-corrected chi connectivity index (χ0v) is 14.7. The second-order valence-electron chi connectivity index (χ2n) is 6.84. The smallest absolute Gasteiger partial charge is 0.323 e. The molecule has 0 bridgehead atoms. The lowest BCUT2D eigenvalue weighted by atomic mass is 9.90. The van der Waals surface area contributed by atoms with Crippen molar-refractivity contribution in [2.24, 2.45) is 0 Å². The van der Waals surface area contributed by atoms with Crippen LogP contribution >= 0.6 is 11.3 Å². The quantitative estimate of drug-likeness (QED) is 0.860. The van der Waals surface area contributed by atoms with E-state index in [1.165, 1.54) is 15.3 Å². The van der Waals surface area contributed by atoms with Crippen molar-refractivity contribution in [3.63, 3.8) is 0 Å². The lowest BCUT2D eigenvalue weighted by Crippen LogP contribution is -2.47. The van der Waals surface area contributed by atoms with Crippen molar-refractivity contribution >= 4 is 23.3 Å². The highest BCUT2D eigenvalue weighted by atomic mass is 32.1. The molecule has 0 atom stereocenters. The topological polar surface area (TPSA) is 52.6 Å². The Labute approximate surface area is 141 Å². The van der Waals surface area contributed by atoms with Crippen LogP contribution in [-0.2, 0) is 11.3 Å². The molecule has 2 aliphatic rings. The molecule has 1 spiro atoms. The molecule has 1 aromatic heterocycles. The minimum absolute atomic E-state index is 0.0286. The molecule has 3 rings (SSSR count). The van der Waals surface area contributed by atoms with Gasteiger partial charge in [0.25, 0.3) is 5.91 Å². The summed E-state index contributed by atoms with van der Waals surface area (Å²) in [6, 6.07) is 1.87. The Morgan fingerprint density at radius 1 is 1.26 bits per heavy atom. The molecular formula is C17H25N3O2S. The van der Waals surface area contributed by atoms with Gasteiger partial charge in [-0.15, -0.1) is 11.3 Å². The maximum atomic E-state index is 12.9. The molecule has 1 N–H and O–H groups in total. The number of aryl methyl sites for hydroxylation is 1. The van der Waals surface area contributed by atoms with Gasteiger partial charge in [0.1, 0.15) is 5.54 Å². The summed E-state index contributed by atoms with van der Waals surface area (Å²) in [5.74, 6) is -0.0286. The Balaban J connectivity index is 1.66. The SMILES string of the molecule is Cc1ccsc1CN(C)CN1C(=O)NC2(CCCCCC2)C1=O. The van der Waals surface area contributed by atoms with Crippen LogP contribution in [0, 0.1) is 6.92 Å². The minimum Gasteiger partial charge on any atom is -0.323 e. The highest BCUT2D eigenvalue weighted by molar-refractivity contribution is 7.10. The fourth-order valence-electron chi connectivity index (χ4n) is 3.58. The predicted molar refractivity (Wildman–Crippen MR) is 91.2 cm³/mol. The van der Waals surface area contributed by atoms with Crippen molar-refractivity contribution < 1.29 is 9.59 Å². The fraction of sp³-hybridized carbons (Fsp3) is 0.647. The van der Waals surface area contributed by atoms with Gasteiger partial charge in [-0.2, -0.15) is 0 Å². The number of amides is 3. The number of nitrogens with zero attached hydrogens (tertiary/aromatic N) is 2. The number of hydrogen-bond acceptors (Lipinski definition) is 4. The summed E-state index contributed by atoms with van der Waals surface area (Å²) in [5.41, 5.74) is 0.632. The highest BCUT2D eigenvalue weighted by Gasteiger charge is 2.50. The first kappa shape index (κ1) is 16.5. The van der Waals surface area contributed by atoms with Crippen LogP contribution < -0.4 is 5.32 Å². The van der Waals surface area contributed by atoms with Crippen LogP contribution in [-0.4, -0.2) is 41.0 Å². The molecule has 0 unspecified atom stereocenters. The van der Waals surface area contributed by atoms with Gasteiger partial charge in [0.15, 0.2) is 0 Å². The van der Waals surface area contributed by atoms with E-state index in [1.54, 1.807) is 11.3 Å². The molecule has 3 amide bonds. The van der Waals surface area contributed by atoms with Crippen LogP contribution in [0.25, 0.3) is 0 Å². The average Bonchev–Trinajstić information content (AvgIpc) is 2.89. The normalized spacial score (nSPS) is 21.1. The van der Waals surface area contributed by atoms with Crippen molar-refractivity contribution in [2.45, 2.75) is 57.5 Å². The summed E-state index contributed by atoms with van der Waals surface area (Å²) in [5, 5.41) is 5.07. The van der Waals surface area contributed by atoms with Crippen LogP contribution in [0.2, 0.25) is 0 Å². The molecule has 6 heteroatoms. The Morgan fingerprint density at radius 3 is 2.57 bits per heavy atom. The summed E-state index contributed by atoms with van der Waals surface area (Å²) >= 11 is 1.72. The van der Waals surface area contributed by atoms with Gasteiger partial charge in [0.2, 0.25) is 0 Å². The van der Waals surface area contributed by atoms with E-state index in [0.717, 1.165) is 45.1 Å². The minimum atomic E-state index is -0.632. The van der Waals surface area contributed by atoms with E-state index in [9.17, 15) is 9.59 Å². The number of carbonyl (C=O) groups excluding carboxylic acids is 2. The molecule has 1 aliphatic heterocycles. The van der Waals surface area contributed by atoms with Crippen LogP contribution in [0.3, 0.4) is 0 Å². The number of nitrogens with one attached hydrogen (secondary N) is 1. The van der Waals surface area contributed by atoms with Crippen molar-refractivity contribution in [1.82, 2.24) is 15.1 Å².